The van der Waals surface area contributed by atoms with Gasteiger partial charge in [-0.2, -0.15) is 0 Å². The second kappa shape index (κ2) is 71.6. The summed E-state index contributed by atoms with van der Waals surface area (Å²) in [5.74, 6) is -1.01. The second-order valence-electron chi connectivity index (χ2n) is 24.9. The van der Waals surface area contributed by atoms with Crippen molar-refractivity contribution < 1.29 is 28.6 Å². The van der Waals surface area contributed by atoms with Crippen LogP contribution < -0.4 is 0 Å². The second-order valence-corrected chi connectivity index (χ2v) is 24.9. The fourth-order valence-electron chi connectivity index (χ4n) is 11.1. The molecule has 484 valence electrons. The van der Waals surface area contributed by atoms with Crippen LogP contribution in [0.2, 0.25) is 0 Å². The minimum absolute atomic E-state index is 0.0989. The van der Waals surface area contributed by atoms with E-state index in [4.69, 9.17) is 14.2 Å². The number of unbranched alkanes of at least 4 members (excludes halogenated alkanes) is 48. The smallest absolute Gasteiger partial charge is 0.309 e. The Bertz CT molecular complexity index is 1470. The molecule has 0 aromatic carbocycles. The van der Waals surface area contributed by atoms with Crippen LogP contribution in [0.25, 0.3) is 0 Å². The van der Waals surface area contributed by atoms with Gasteiger partial charge in [0, 0.05) is 12.8 Å². The number of carbonyl (C=O) groups is 3. The molecule has 0 N–H and O–H groups in total. The number of ether oxygens (including phenoxy) is 3. The molecule has 0 aromatic heterocycles. The average molecular weight is 1160 g/mol. The predicted octanol–water partition coefficient (Wildman–Crippen LogP) is 25.5. The first kappa shape index (κ1) is 80.1. The van der Waals surface area contributed by atoms with Crippen molar-refractivity contribution in [2.45, 2.75) is 399 Å². The van der Waals surface area contributed by atoms with Gasteiger partial charge in [0.25, 0.3) is 0 Å². The maximum Gasteiger partial charge on any atom is 0.309 e. The van der Waals surface area contributed by atoms with Gasteiger partial charge in [-0.15, -0.1) is 0 Å². The van der Waals surface area contributed by atoms with Crippen molar-refractivity contribution in [2.75, 3.05) is 13.2 Å². The van der Waals surface area contributed by atoms with Gasteiger partial charge < -0.3 is 14.2 Å². The van der Waals surface area contributed by atoms with Crippen molar-refractivity contribution in [2.24, 2.45) is 0 Å². The topological polar surface area (TPSA) is 78.9 Å². The van der Waals surface area contributed by atoms with E-state index in [1.54, 1.807) is 0 Å². The fourth-order valence-corrected chi connectivity index (χ4v) is 11.1. The van der Waals surface area contributed by atoms with Crippen LogP contribution >= 0.6 is 0 Å². The molecule has 6 nitrogen and oxygen atoms in total. The molecular formula is C77H140O6. The van der Waals surface area contributed by atoms with Gasteiger partial charge in [0.15, 0.2) is 6.10 Å². The number of allylic oxidation sites excluding steroid dienone is 9. The number of esters is 3. The summed E-state index contributed by atoms with van der Waals surface area (Å²) in [7, 11) is 0. The van der Waals surface area contributed by atoms with Crippen LogP contribution in [0, 0.1) is 0 Å². The summed E-state index contributed by atoms with van der Waals surface area (Å²) in [5.41, 5.74) is 0. The molecule has 0 aliphatic rings. The molecule has 1 unspecified atom stereocenters. The van der Waals surface area contributed by atoms with Crippen LogP contribution in [-0.2, 0) is 28.6 Å². The highest BCUT2D eigenvalue weighted by Crippen LogP contribution is 2.19. The molecule has 0 aliphatic carbocycles. The van der Waals surface area contributed by atoms with Gasteiger partial charge in [0.2, 0.25) is 0 Å². The van der Waals surface area contributed by atoms with E-state index in [9.17, 15) is 14.4 Å². The molecule has 0 spiro atoms. The highest BCUT2D eigenvalue weighted by Gasteiger charge is 2.19. The molecule has 0 aromatic rings. The lowest BCUT2D eigenvalue weighted by molar-refractivity contribution is -0.166. The lowest BCUT2D eigenvalue weighted by Crippen LogP contribution is -2.30. The van der Waals surface area contributed by atoms with Crippen LogP contribution in [0.5, 0.6) is 0 Å². The van der Waals surface area contributed by atoms with Gasteiger partial charge in [0.1, 0.15) is 13.2 Å². The summed E-state index contributed by atoms with van der Waals surface area (Å²) in [4.78, 5) is 38.4. The van der Waals surface area contributed by atoms with Crippen molar-refractivity contribution in [3.05, 3.63) is 60.8 Å². The Morgan fingerprint density at radius 2 is 0.470 bits per heavy atom. The number of rotatable bonds is 68. The minimum Gasteiger partial charge on any atom is -0.462 e. The van der Waals surface area contributed by atoms with E-state index in [2.05, 4.69) is 69.4 Å². The van der Waals surface area contributed by atoms with Crippen molar-refractivity contribution >= 4 is 17.9 Å². The highest BCUT2D eigenvalue weighted by atomic mass is 16.6. The maximum absolute atomic E-state index is 12.9. The first-order valence-electron chi connectivity index (χ1n) is 36.8. The molecule has 6 heteroatoms. The standard InChI is InChI=1S/C77H140O6/c1-4-7-10-13-16-19-22-25-28-30-32-33-34-35-36-37-38-39-40-41-42-43-44-45-47-49-52-55-58-61-64-67-70-76(79)82-73-74(72-81-75(78)69-66-63-60-57-54-51-48-27-24-21-18-15-12-9-6-3)83-77(80)71-68-65-62-59-56-53-50-46-31-29-26-23-20-17-14-11-8-5-2/h9,12,18,21,27,48,54,57,63,66,74H,4-8,10-11,13-17,19-20,22-26,28-47,49-53,55-56,58-62,64-65,67-73H2,1-3H3/b12-9-,21-18-,48-27-,57-54-,66-63-. The molecule has 0 aliphatic heterocycles. The van der Waals surface area contributed by atoms with Crippen LogP contribution in [-0.4, -0.2) is 37.2 Å². The summed E-state index contributed by atoms with van der Waals surface area (Å²) >= 11 is 0. The molecule has 0 rings (SSSR count). The highest BCUT2D eigenvalue weighted by molar-refractivity contribution is 5.72. The fraction of sp³-hybridized carbons (Fsp3) is 0.831. The minimum atomic E-state index is -0.812. The summed E-state index contributed by atoms with van der Waals surface area (Å²) in [6.07, 6.45) is 93.1. The molecule has 0 heterocycles. The molecule has 0 radical (unpaired) electrons. The van der Waals surface area contributed by atoms with Gasteiger partial charge >= 0.3 is 17.9 Å². The van der Waals surface area contributed by atoms with E-state index in [0.717, 1.165) is 70.6 Å². The largest absolute Gasteiger partial charge is 0.462 e. The molecule has 0 amide bonds. The third kappa shape index (κ3) is 69.8. The van der Waals surface area contributed by atoms with Crippen molar-refractivity contribution in [3.8, 4) is 0 Å². The zero-order chi connectivity index (χ0) is 59.9. The summed E-state index contributed by atoms with van der Waals surface area (Å²) in [6, 6.07) is 0. The normalized spacial score (nSPS) is 12.4. The number of carbonyl (C=O) groups excluding carboxylic acids is 3. The van der Waals surface area contributed by atoms with Crippen LogP contribution in [0.1, 0.15) is 393 Å². The van der Waals surface area contributed by atoms with E-state index in [0.29, 0.717) is 12.8 Å². The van der Waals surface area contributed by atoms with Crippen LogP contribution in [0.15, 0.2) is 60.8 Å². The first-order valence-corrected chi connectivity index (χ1v) is 36.8. The molecule has 0 fully saturated rings. The third-order valence-corrected chi connectivity index (χ3v) is 16.6. The maximum atomic E-state index is 12.9. The van der Waals surface area contributed by atoms with E-state index in [1.807, 2.05) is 12.2 Å². The van der Waals surface area contributed by atoms with Crippen molar-refractivity contribution in [3.63, 3.8) is 0 Å². The summed E-state index contributed by atoms with van der Waals surface area (Å²) in [6.45, 7) is 6.51. The molecular weight excluding hydrogens is 1020 g/mol. The Kier molecular flexibility index (Phi) is 69.1. The van der Waals surface area contributed by atoms with Crippen molar-refractivity contribution in [1.82, 2.24) is 0 Å². The Morgan fingerprint density at radius 3 is 0.735 bits per heavy atom. The summed E-state index contributed by atoms with van der Waals surface area (Å²) in [5, 5.41) is 0. The molecule has 1 atom stereocenters. The van der Waals surface area contributed by atoms with E-state index in [1.165, 1.54) is 283 Å². The van der Waals surface area contributed by atoms with Crippen molar-refractivity contribution in [1.29, 1.82) is 0 Å². The molecule has 83 heavy (non-hydrogen) atoms. The van der Waals surface area contributed by atoms with E-state index >= 15 is 0 Å². The molecule has 0 bridgehead atoms. The zero-order valence-corrected chi connectivity index (χ0v) is 55.7. The van der Waals surface area contributed by atoms with Crippen LogP contribution in [0.4, 0.5) is 0 Å². The van der Waals surface area contributed by atoms with Gasteiger partial charge in [-0.05, 0) is 44.9 Å². The van der Waals surface area contributed by atoms with Crippen LogP contribution in [0.3, 0.4) is 0 Å². The quantitative estimate of drug-likeness (QED) is 0.0261. The number of hydrogen-bond acceptors (Lipinski definition) is 6. The Hall–Kier alpha value is -2.89. The zero-order valence-electron chi connectivity index (χ0n) is 55.7. The SMILES string of the molecule is CC/C=C\C/C=C\C/C=C\C/C=C\C/C=C\CC(=O)OCC(COC(=O)CCCCCCCCCCCCCCCCCCCCCCCCCCCCCCCCCC)OC(=O)CCCCCCCCCCCCCCCCCCCC. The average Bonchev–Trinajstić information content (AvgIpc) is 3.49. The Morgan fingerprint density at radius 1 is 0.253 bits per heavy atom. The molecule has 0 saturated carbocycles. The lowest BCUT2D eigenvalue weighted by atomic mass is 10.0. The summed E-state index contributed by atoms with van der Waals surface area (Å²) < 4.78 is 16.9. The molecule has 0 saturated heterocycles. The lowest BCUT2D eigenvalue weighted by Gasteiger charge is -2.18. The first-order chi connectivity index (χ1) is 41.0. The number of hydrogen-bond donors (Lipinski definition) is 0. The Balaban J connectivity index is 4.20. The Labute approximate surface area is 517 Å². The van der Waals surface area contributed by atoms with Gasteiger partial charge in [-0.3, -0.25) is 14.4 Å². The predicted molar refractivity (Wildman–Crippen MR) is 362 cm³/mol. The van der Waals surface area contributed by atoms with Gasteiger partial charge in [0.05, 0.1) is 6.42 Å². The monoisotopic (exact) mass is 1160 g/mol. The third-order valence-electron chi connectivity index (χ3n) is 16.6. The van der Waals surface area contributed by atoms with E-state index < -0.39 is 12.1 Å². The van der Waals surface area contributed by atoms with Gasteiger partial charge in [-0.25, -0.2) is 0 Å². The van der Waals surface area contributed by atoms with E-state index in [-0.39, 0.29) is 31.6 Å². The van der Waals surface area contributed by atoms with Gasteiger partial charge in [-0.1, -0.05) is 390 Å².